The molecular formula is C22H26ClN3O5. The minimum absolute atomic E-state index is 0.0620. The first-order valence-electron chi connectivity index (χ1n) is 10.5. The zero-order valence-electron chi connectivity index (χ0n) is 17.3. The minimum Gasteiger partial charge on any atom is -0.493 e. The molecule has 0 spiro atoms. The number of likely N-dealkylation sites (tertiary alicyclic amines) is 1. The zero-order chi connectivity index (χ0) is 21.7. The summed E-state index contributed by atoms with van der Waals surface area (Å²) in [5.41, 5.74) is -0.508. The first kappa shape index (κ1) is 21.6. The van der Waals surface area contributed by atoms with Crippen LogP contribution in [0, 0.1) is 5.41 Å². The van der Waals surface area contributed by atoms with Crippen LogP contribution in [0.5, 0.6) is 5.75 Å². The number of halogens is 1. The molecule has 1 atom stereocenters. The number of ether oxygens (including phenoxy) is 2. The smallest absolute Gasteiger partial charge is 0.292 e. The molecule has 0 aliphatic carbocycles. The molecule has 2 fully saturated rings. The van der Waals surface area contributed by atoms with Crippen molar-refractivity contribution in [2.75, 3.05) is 46.0 Å². The minimum atomic E-state index is -0.508. The predicted octanol–water partition coefficient (Wildman–Crippen LogP) is 2.88. The normalized spacial score (nSPS) is 21.7. The highest BCUT2D eigenvalue weighted by atomic mass is 35.5. The zero-order valence-corrected chi connectivity index (χ0v) is 18.1. The van der Waals surface area contributed by atoms with Gasteiger partial charge in [0.2, 0.25) is 11.7 Å². The topological polar surface area (TPSA) is 85.1 Å². The number of hydrogen-bond acceptors (Lipinski definition) is 6. The highest BCUT2D eigenvalue weighted by Gasteiger charge is 2.41. The van der Waals surface area contributed by atoms with Gasteiger partial charge >= 0.3 is 0 Å². The summed E-state index contributed by atoms with van der Waals surface area (Å²) in [4.78, 5) is 29.6. The van der Waals surface area contributed by atoms with Crippen LogP contribution in [0.25, 0.3) is 0 Å². The molecule has 2 aliphatic rings. The van der Waals surface area contributed by atoms with E-state index in [1.165, 1.54) is 6.20 Å². The highest BCUT2D eigenvalue weighted by Crippen LogP contribution is 2.36. The summed E-state index contributed by atoms with van der Waals surface area (Å²) >= 11 is 6.09. The lowest BCUT2D eigenvalue weighted by atomic mass is 9.77. The largest absolute Gasteiger partial charge is 0.493 e. The molecule has 0 radical (unpaired) electrons. The Kier molecular flexibility index (Phi) is 6.77. The molecule has 3 heterocycles. The van der Waals surface area contributed by atoms with Gasteiger partial charge in [-0.1, -0.05) is 22.8 Å². The molecule has 31 heavy (non-hydrogen) atoms. The number of amides is 2. The van der Waals surface area contributed by atoms with Crippen LogP contribution in [-0.2, 0) is 9.53 Å². The van der Waals surface area contributed by atoms with Crippen molar-refractivity contribution in [1.29, 1.82) is 0 Å². The number of carbonyl (C=O) groups is 2. The molecule has 1 aromatic carbocycles. The fourth-order valence-electron chi connectivity index (χ4n) is 4.21. The first-order chi connectivity index (χ1) is 15.0. The Hall–Kier alpha value is -2.58. The Morgan fingerprint density at radius 2 is 2.00 bits per heavy atom. The molecule has 0 saturated carbocycles. The van der Waals surface area contributed by atoms with Crippen LogP contribution in [0.15, 0.2) is 41.1 Å². The quantitative estimate of drug-likeness (QED) is 0.677. The lowest BCUT2D eigenvalue weighted by Crippen LogP contribution is -2.52. The molecule has 8 nitrogen and oxygen atoms in total. The molecule has 2 aromatic rings. The first-order valence-corrected chi connectivity index (χ1v) is 10.9. The van der Waals surface area contributed by atoms with Crippen molar-refractivity contribution < 1.29 is 23.6 Å². The van der Waals surface area contributed by atoms with E-state index in [-0.39, 0.29) is 17.6 Å². The van der Waals surface area contributed by atoms with Crippen LogP contribution < -0.4 is 4.74 Å². The summed E-state index contributed by atoms with van der Waals surface area (Å²) < 4.78 is 16.5. The standard InChI is InChI=1S/C22H26ClN3O5/c23-17-3-1-4-18(13-17)30-16-22(14-20(27)25-9-11-29-12-10-25)6-2-8-26(15-22)21(28)19-5-7-24-31-19/h1,3-5,7,13H,2,6,8-12,14-16H2/t22-/m0/s1. The molecule has 2 aliphatic heterocycles. The Labute approximate surface area is 186 Å². The van der Waals surface area contributed by atoms with E-state index in [2.05, 4.69) is 5.16 Å². The van der Waals surface area contributed by atoms with Crippen LogP contribution in [0.4, 0.5) is 0 Å². The predicted molar refractivity (Wildman–Crippen MR) is 113 cm³/mol. The third kappa shape index (κ3) is 5.37. The van der Waals surface area contributed by atoms with E-state index in [0.29, 0.717) is 63.2 Å². The Balaban J connectivity index is 1.52. The SMILES string of the molecule is O=C(C[C@@]1(COc2cccc(Cl)c2)CCCN(C(=O)c2ccno2)C1)N1CCOCC1. The van der Waals surface area contributed by atoms with E-state index in [4.69, 9.17) is 25.6 Å². The number of hydrogen-bond donors (Lipinski definition) is 0. The van der Waals surface area contributed by atoms with Gasteiger partial charge in [-0.3, -0.25) is 9.59 Å². The van der Waals surface area contributed by atoms with Crippen molar-refractivity contribution in [3.8, 4) is 5.75 Å². The third-order valence-electron chi connectivity index (χ3n) is 5.83. The van der Waals surface area contributed by atoms with Crippen LogP contribution in [0.2, 0.25) is 5.02 Å². The van der Waals surface area contributed by atoms with Gasteiger partial charge < -0.3 is 23.8 Å². The average Bonchev–Trinajstić information content (AvgIpc) is 3.33. The van der Waals surface area contributed by atoms with E-state index >= 15 is 0 Å². The second-order valence-corrected chi connectivity index (χ2v) is 8.56. The maximum atomic E-state index is 13.1. The van der Waals surface area contributed by atoms with E-state index in [1.807, 2.05) is 17.0 Å². The van der Waals surface area contributed by atoms with Gasteiger partial charge in [0.15, 0.2) is 0 Å². The molecule has 1 aromatic heterocycles. The second-order valence-electron chi connectivity index (χ2n) is 8.12. The lowest BCUT2D eigenvalue weighted by Gasteiger charge is -2.43. The second kappa shape index (κ2) is 9.70. The van der Waals surface area contributed by atoms with Gasteiger partial charge in [-0.05, 0) is 31.0 Å². The summed E-state index contributed by atoms with van der Waals surface area (Å²) in [5, 5.41) is 4.22. The molecule has 0 N–H and O–H groups in total. The van der Waals surface area contributed by atoms with E-state index in [0.717, 1.165) is 12.8 Å². The number of carbonyl (C=O) groups excluding carboxylic acids is 2. The van der Waals surface area contributed by atoms with Gasteiger partial charge in [-0.2, -0.15) is 0 Å². The molecule has 2 amide bonds. The van der Waals surface area contributed by atoms with Gasteiger partial charge in [0.25, 0.3) is 5.91 Å². The molecule has 9 heteroatoms. The van der Waals surface area contributed by atoms with E-state index in [9.17, 15) is 9.59 Å². The van der Waals surface area contributed by atoms with E-state index in [1.54, 1.807) is 23.1 Å². The molecule has 166 valence electrons. The number of benzene rings is 1. The van der Waals surface area contributed by atoms with Gasteiger partial charge in [0.05, 0.1) is 26.0 Å². The maximum Gasteiger partial charge on any atom is 0.292 e. The third-order valence-corrected chi connectivity index (χ3v) is 6.06. The summed E-state index contributed by atoms with van der Waals surface area (Å²) in [6.07, 6.45) is 3.31. The number of piperidine rings is 1. The van der Waals surface area contributed by atoms with Crippen molar-refractivity contribution in [2.45, 2.75) is 19.3 Å². The van der Waals surface area contributed by atoms with Gasteiger partial charge in [-0.25, -0.2) is 0 Å². The van der Waals surface area contributed by atoms with Crippen LogP contribution in [0.3, 0.4) is 0 Å². The van der Waals surface area contributed by atoms with E-state index < -0.39 is 5.41 Å². The van der Waals surface area contributed by atoms with Gasteiger partial charge in [0, 0.05) is 49.1 Å². The van der Waals surface area contributed by atoms with Crippen molar-refractivity contribution in [1.82, 2.24) is 15.0 Å². The number of aromatic nitrogens is 1. The summed E-state index contributed by atoms with van der Waals surface area (Å²) in [5.74, 6) is 0.686. The summed E-state index contributed by atoms with van der Waals surface area (Å²) in [7, 11) is 0. The van der Waals surface area contributed by atoms with Crippen molar-refractivity contribution in [2.24, 2.45) is 5.41 Å². The van der Waals surface area contributed by atoms with Crippen molar-refractivity contribution in [3.05, 3.63) is 47.3 Å². The van der Waals surface area contributed by atoms with Crippen LogP contribution >= 0.6 is 11.6 Å². The maximum absolute atomic E-state index is 13.1. The Morgan fingerprint density at radius 3 is 2.74 bits per heavy atom. The average molecular weight is 448 g/mol. The number of nitrogens with zero attached hydrogens (tertiary/aromatic N) is 3. The summed E-state index contributed by atoms with van der Waals surface area (Å²) in [6, 6.07) is 8.75. The van der Waals surface area contributed by atoms with Crippen molar-refractivity contribution >= 4 is 23.4 Å². The molecule has 0 bridgehead atoms. The molecule has 0 unspecified atom stereocenters. The molecule has 4 rings (SSSR count). The monoisotopic (exact) mass is 447 g/mol. The van der Waals surface area contributed by atoms with Crippen molar-refractivity contribution in [3.63, 3.8) is 0 Å². The van der Waals surface area contributed by atoms with Gasteiger partial charge in [-0.15, -0.1) is 0 Å². The Bertz CT molecular complexity index is 900. The summed E-state index contributed by atoms with van der Waals surface area (Å²) in [6.45, 7) is 3.59. The fourth-order valence-corrected chi connectivity index (χ4v) is 4.40. The fraction of sp³-hybridized carbons (Fsp3) is 0.500. The van der Waals surface area contributed by atoms with Gasteiger partial charge in [0.1, 0.15) is 5.75 Å². The lowest BCUT2D eigenvalue weighted by molar-refractivity contribution is -0.139. The highest BCUT2D eigenvalue weighted by molar-refractivity contribution is 6.30. The number of morpholine rings is 1. The molecular weight excluding hydrogens is 422 g/mol. The molecule has 2 saturated heterocycles. The number of rotatable bonds is 6. The van der Waals surface area contributed by atoms with Crippen LogP contribution in [0.1, 0.15) is 29.8 Å². The Morgan fingerprint density at radius 1 is 1.16 bits per heavy atom. The van der Waals surface area contributed by atoms with Crippen LogP contribution in [-0.4, -0.2) is 72.8 Å².